The zero-order valence-electron chi connectivity index (χ0n) is 12.2. The van der Waals surface area contributed by atoms with Gasteiger partial charge in [0.25, 0.3) is 0 Å². The molecule has 2 rings (SSSR count). The highest BCUT2D eigenvalue weighted by molar-refractivity contribution is 5.80. The van der Waals surface area contributed by atoms with Crippen LogP contribution in [0, 0.1) is 0 Å². The Kier molecular flexibility index (Phi) is 4.16. The third-order valence-electron chi connectivity index (χ3n) is 4.39. The van der Waals surface area contributed by atoms with Gasteiger partial charge in [-0.1, -0.05) is 0 Å². The summed E-state index contributed by atoms with van der Waals surface area (Å²) < 4.78 is 10.8. The topological polar surface area (TPSA) is 69.7 Å². The summed E-state index contributed by atoms with van der Waals surface area (Å²) in [5.74, 6) is 0.439. The molecule has 0 spiro atoms. The lowest BCUT2D eigenvalue weighted by molar-refractivity contribution is -0.132. The average molecular weight is 282 g/mol. The van der Waals surface area contributed by atoms with Gasteiger partial charge in [0.2, 0.25) is 0 Å². The van der Waals surface area contributed by atoms with Crippen LogP contribution in [0.4, 0.5) is 4.79 Å². The van der Waals surface area contributed by atoms with Crippen molar-refractivity contribution in [1.82, 2.24) is 0 Å². The van der Waals surface area contributed by atoms with E-state index in [9.17, 15) is 14.4 Å². The zero-order valence-corrected chi connectivity index (χ0v) is 12.2. The fraction of sp³-hybridized carbons (Fsp3) is 0.800. The minimum absolute atomic E-state index is 0.220. The Morgan fingerprint density at radius 3 is 1.40 bits per heavy atom. The summed E-state index contributed by atoms with van der Waals surface area (Å²) in [5.41, 5.74) is -1.21. The van der Waals surface area contributed by atoms with E-state index < -0.39 is 17.4 Å². The van der Waals surface area contributed by atoms with Crippen molar-refractivity contribution in [3.63, 3.8) is 0 Å². The molecule has 0 N–H and O–H groups in total. The standard InChI is InChI=1S/C15H22O5/c1-14(7-3-11(16)4-8-14)19-13(18)20-15(2)9-5-12(17)6-10-15/h3-10H2,1-2H3. The largest absolute Gasteiger partial charge is 0.509 e. The molecule has 2 aliphatic rings. The first kappa shape index (κ1) is 15.0. The summed E-state index contributed by atoms with van der Waals surface area (Å²) >= 11 is 0. The van der Waals surface area contributed by atoms with Crippen molar-refractivity contribution >= 4 is 17.7 Å². The Bertz CT molecular complexity index is 368. The number of carbonyl (C=O) groups excluding carboxylic acids is 3. The normalized spacial score (nSPS) is 25.1. The fourth-order valence-corrected chi connectivity index (χ4v) is 2.74. The molecule has 20 heavy (non-hydrogen) atoms. The van der Waals surface area contributed by atoms with E-state index in [-0.39, 0.29) is 11.6 Å². The maximum absolute atomic E-state index is 11.9. The van der Waals surface area contributed by atoms with Gasteiger partial charge in [-0.3, -0.25) is 9.59 Å². The number of rotatable bonds is 2. The van der Waals surface area contributed by atoms with Gasteiger partial charge in [-0.25, -0.2) is 4.79 Å². The lowest BCUT2D eigenvalue weighted by Crippen LogP contribution is -2.41. The van der Waals surface area contributed by atoms with Gasteiger partial charge < -0.3 is 9.47 Å². The Balaban J connectivity index is 1.86. The van der Waals surface area contributed by atoms with E-state index in [0.29, 0.717) is 51.4 Å². The van der Waals surface area contributed by atoms with Crippen molar-refractivity contribution in [3.05, 3.63) is 0 Å². The summed E-state index contributed by atoms with van der Waals surface area (Å²) in [4.78, 5) is 34.4. The molecule has 2 saturated carbocycles. The molecule has 0 saturated heterocycles. The molecular weight excluding hydrogens is 260 g/mol. The van der Waals surface area contributed by atoms with Gasteiger partial charge in [0.05, 0.1) is 0 Å². The average Bonchev–Trinajstić information content (AvgIpc) is 2.37. The minimum atomic E-state index is -0.682. The predicted octanol–water partition coefficient (Wildman–Crippen LogP) is 2.94. The molecule has 2 aliphatic carbocycles. The number of ether oxygens (including phenoxy) is 2. The number of ketones is 2. The van der Waals surface area contributed by atoms with Crippen molar-refractivity contribution < 1.29 is 23.9 Å². The van der Waals surface area contributed by atoms with E-state index >= 15 is 0 Å². The van der Waals surface area contributed by atoms with Crippen molar-refractivity contribution in [1.29, 1.82) is 0 Å². The van der Waals surface area contributed by atoms with E-state index in [1.54, 1.807) is 0 Å². The molecule has 0 aromatic carbocycles. The second-order valence-corrected chi connectivity index (χ2v) is 6.43. The minimum Gasteiger partial charge on any atom is -0.428 e. The maximum atomic E-state index is 11.9. The third-order valence-corrected chi connectivity index (χ3v) is 4.39. The smallest absolute Gasteiger partial charge is 0.428 e. The van der Waals surface area contributed by atoms with Gasteiger partial charge in [-0.05, 0) is 39.5 Å². The first-order valence-electron chi connectivity index (χ1n) is 7.26. The summed E-state index contributed by atoms with van der Waals surface area (Å²) in [6, 6.07) is 0. The molecule has 0 aromatic rings. The highest BCUT2D eigenvalue weighted by Crippen LogP contribution is 2.33. The zero-order chi connectivity index (χ0) is 14.8. The SMILES string of the molecule is CC1(OC(=O)OC2(C)CCC(=O)CC2)CCC(=O)CC1. The quantitative estimate of drug-likeness (QED) is 0.728. The molecule has 5 heteroatoms. The Morgan fingerprint density at radius 1 is 0.800 bits per heavy atom. The number of Topliss-reactive ketones (excluding diaryl/α,β-unsaturated/α-hetero) is 2. The maximum Gasteiger partial charge on any atom is 0.509 e. The molecule has 0 unspecified atom stereocenters. The highest BCUT2D eigenvalue weighted by atomic mass is 16.7. The molecule has 0 heterocycles. The lowest BCUT2D eigenvalue weighted by atomic mass is 9.85. The van der Waals surface area contributed by atoms with Crippen LogP contribution in [-0.2, 0) is 19.1 Å². The van der Waals surface area contributed by atoms with Crippen molar-refractivity contribution in [2.24, 2.45) is 0 Å². The van der Waals surface area contributed by atoms with Crippen LogP contribution in [0.5, 0.6) is 0 Å². The Hall–Kier alpha value is -1.39. The fourth-order valence-electron chi connectivity index (χ4n) is 2.74. The van der Waals surface area contributed by atoms with Crippen LogP contribution in [0.3, 0.4) is 0 Å². The first-order chi connectivity index (χ1) is 9.30. The molecule has 0 atom stereocenters. The number of hydrogen-bond donors (Lipinski definition) is 0. The number of carbonyl (C=O) groups is 3. The molecule has 0 aliphatic heterocycles. The summed E-state index contributed by atoms with van der Waals surface area (Å²) in [7, 11) is 0. The third kappa shape index (κ3) is 3.81. The molecule has 5 nitrogen and oxygen atoms in total. The van der Waals surface area contributed by atoms with Crippen molar-refractivity contribution in [3.8, 4) is 0 Å². The van der Waals surface area contributed by atoms with E-state index in [4.69, 9.17) is 9.47 Å². The Labute approximate surface area is 119 Å². The summed E-state index contributed by atoms with van der Waals surface area (Å²) in [5, 5.41) is 0. The lowest BCUT2D eigenvalue weighted by Gasteiger charge is -2.36. The van der Waals surface area contributed by atoms with E-state index in [1.807, 2.05) is 13.8 Å². The van der Waals surface area contributed by atoms with Gasteiger partial charge in [0.1, 0.15) is 22.8 Å². The molecular formula is C15H22O5. The second-order valence-electron chi connectivity index (χ2n) is 6.43. The molecule has 0 amide bonds. The predicted molar refractivity (Wildman–Crippen MR) is 71.3 cm³/mol. The first-order valence-corrected chi connectivity index (χ1v) is 7.26. The van der Waals surface area contributed by atoms with Crippen LogP contribution in [0.2, 0.25) is 0 Å². The van der Waals surface area contributed by atoms with Gasteiger partial charge in [0, 0.05) is 25.7 Å². The van der Waals surface area contributed by atoms with Crippen LogP contribution in [-0.4, -0.2) is 28.9 Å². The number of hydrogen-bond acceptors (Lipinski definition) is 5. The van der Waals surface area contributed by atoms with E-state index in [0.717, 1.165) is 0 Å². The monoisotopic (exact) mass is 282 g/mol. The summed E-state index contributed by atoms with van der Waals surface area (Å²) in [6.45, 7) is 3.68. The molecule has 0 radical (unpaired) electrons. The molecule has 0 aromatic heterocycles. The van der Waals surface area contributed by atoms with Crippen LogP contribution in [0.15, 0.2) is 0 Å². The van der Waals surface area contributed by atoms with Gasteiger partial charge in [-0.15, -0.1) is 0 Å². The molecule has 112 valence electrons. The highest BCUT2D eigenvalue weighted by Gasteiger charge is 2.38. The molecule has 2 fully saturated rings. The molecule has 0 bridgehead atoms. The van der Waals surface area contributed by atoms with Crippen molar-refractivity contribution in [2.75, 3.05) is 0 Å². The van der Waals surface area contributed by atoms with Gasteiger partial charge in [0.15, 0.2) is 0 Å². The van der Waals surface area contributed by atoms with Crippen LogP contribution < -0.4 is 0 Å². The van der Waals surface area contributed by atoms with Gasteiger partial charge >= 0.3 is 6.16 Å². The van der Waals surface area contributed by atoms with Crippen LogP contribution in [0.25, 0.3) is 0 Å². The van der Waals surface area contributed by atoms with Gasteiger partial charge in [-0.2, -0.15) is 0 Å². The van der Waals surface area contributed by atoms with Crippen LogP contribution >= 0.6 is 0 Å². The van der Waals surface area contributed by atoms with E-state index in [2.05, 4.69) is 0 Å². The van der Waals surface area contributed by atoms with Crippen molar-refractivity contribution in [2.45, 2.75) is 76.4 Å². The van der Waals surface area contributed by atoms with Crippen LogP contribution in [0.1, 0.15) is 65.2 Å². The second kappa shape index (κ2) is 5.54. The van der Waals surface area contributed by atoms with E-state index in [1.165, 1.54) is 0 Å². The Morgan fingerprint density at radius 2 is 1.10 bits per heavy atom. The summed E-state index contributed by atoms with van der Waals surface area (Å²) in [6.07, 6.45) is 3.34.